The number of carbonyl (C=O) groups is 2. The minimum atomic E-state index is -0.464. The summed E-state index contributed by atoms with van der Waals surface area (Å²) in [6.07, 6.45) is 6.19. The molecule has 0 aromatic heterocycles. The molecule has 2 fully saturated rings. The van der Waals surface area contributed by atoms with Gasteiger partial charge in [-0.05, 0) is 24.7 Å². The Morgan fingerprint density at radius 2 is 1.93 bits per heavy atom. The van der Waals surface area contributed by atoms with Crippen LogP contribution < -0.4 is 0 Å². The average Bonchev–Trinajstić information content (AvgIpc) is 2.27. The molecule has 0 N–H and O–H groups in total. The lowest BCUT2D eigenvalue weighted by molar-refractivity contribution is -0.152. The number of fused-ring (bicyclic) bond motifs is 1. The van der Waals surface area contributed by atoms with E-state index >= 15 is 0 Å². The van der Waals surface area contributed by atoms with Gasteiger partial charge in [-0.2, -0.15) is 0 Å². The fourth-order valence-corrected chi connectivity index (χ4v) is 3.07. The smallest absolute Gasteiger partial charge is 0.316 e. The molecule has 0 spiro atoms. The SMILES string of the molecule is COC(=O)C1CC2CCCCC2CC1=O. The molecule has 3 heteroatoms. The first-order valence-electron chi connectivity index (χ1n) is 5.83. The van der Waals surface area contributed by atoms with E-state index in [1.807, 2.05) is 0 Å². The summed E-state index contributed by atoms with van der Waals surface area (Å²) in [6.45, 7) is 0. The lowest BCUT2D eigenvalue weighted by Crippen LogP contribution is -2.38. The van der Waals surface area contributed by atoms with Gasteiger partial charge in [0.2, 0.25) is 0 Å². The number of carbonyl (C=O) groups excluding carboxylic acids is 2. The van der Waals surface area contributed by atoms with Gasteiger partial charge in [-0.15, -0.1) is 0 Å². The Hall–Kier alpha value is -0.860. The van der Waals surface area contributed by atoms with Gasteiger partial charge in [0.25, 0.3) is 0 Å². The van der Waals surface area contributed by atoms with Gasteiger partial charge in [0, 0.05) is 6.42 Å². The molecule has 3 unspecified atom stereocenters. The van der Waals surface area contributed by atoms with Crippen LogP contribution in [-0.2, 0) is 14.3 Å². The van der Waals surface area contributed by atoms with Crippen LogP contribution >= 0.6 is 0 Å². The van der Waals surface area contributed by atoms with Crippen molar-refractivity contribution in [2.45, 2.75) is 38.5 Å². The standard InChI is InChI=1S/C12H18O3/c1-15-12(14)10-6-8-4-2-3-5-9(8)7-11(10)13/h8-10H,2-7H2,1H3. The molecular formula is C12H18O3. The van der Waals surface area contributed by atoms with E-state index < -0.39 is 5.92 Å². The van der Waals surface area contributed by atoms with Crippen LogP contribution in [-0.4, -0.2) is 18.9 Å². The fraction of sp³-hybridized carbons (Fsp3) is 0.833. The second-order valence-corrected chi connectivity index (χ2v) is 4.79. The summed E-state index contributed by atoms with van der Waals surface area (Å²) in [7, 11) is 1.36. The van der Waals surface area contributed by atoms with Crippen molar-refractivity contribution >= 4 is 11.8 Å². The Labute approximate surface area is 90.2 Å². The predicted octanol–water partition coefficient (Wildman–Crippen LogP) is 1.94. The molecule has 2 rings (SSSR count). The molecule has 2 saturated carbocycles. The minimum Gasteiger partial charge on any atom is -0.468 e. The van der Waals surface area contributed by atoms with Crippen molar-refractivity contribution in [3.63, 3.8) is 0 Å². The molecule has 0 bridgehead atoms. The number of ether oxygens (including phenoxy) is 1. The van der Waals surface area contributed by atoms with Gasteiger partial charge in [0.15, 0.2) is 0 Å². The van der Waals surface area contributed by atoms with Gasteiger partial charge in [0.05, 0.1) is 7.11 Å². The largest absolute Gasteiger partial charge is 0.468 e. The molecule has 84 valence electrons. The molecule has 2 aliphatic rings. The lowest BCUT2D eigenvalue weighted by Gasteiger charge is -2.37. The minimum absolute atomic E-state index is 0.102. The van der Waals surface area contributed by atoms with Crippen molar-refractivity contribution in [2.24, 2.45) is 17.8 Å². The highest BCUT2D eigenvalue weighted by Crippen LogP contribution is 2.41. The molecule has 0 amide bonds. The van der Waals surface area contributed by atoms with Crippen LogP contribution in [0.5, 0.6) is 0 Å². The monoisotopic (exact) mass is 210 g/mol. The van der Waals surface area contributed by atoms with Gasteiger partial charge in [-0.25, -0.2) is 0 Å². The number of Topliss-reactive ketones (excluding diaryl/α,β-unsaturated/α-hetero) is 1. The lowest BCUT2D eigenvalue weighted by atomic mass is 9.67. The van der Waals surface area contributed by atoms with Gasteiger partial charge in [-0.1, -0.05) is 19.3 Å². The zero-order chi connectivity index (χ0) is 10.8. The zero-order valence-electron chi connectivity index (χ0n) is 9.20. The third-order valence-electron chi connectivity index (χ3n) is 3.94. The van der Waals surface area contributed by atoms with Gasteiger partial charge in [-0.3, -0.25) is 9.59 Å². The molecule has 3 nitrogen and oxygen atoms in total. The first-order chi connectivity index (χ1) is 7.22. The maximum Gasteiger partial charge on any atom is 0.316 e. The normalized spacial score (nSPS) is 35.8. The van der Waals surface area contributed by atoms with Gasteiger partial charge < -0.3 is 4.74 Å². The molecule has 0 aliphatic heterocycles. The highest BCUT2D eigenvalue weighted by molar-refractivity contribution is 5.99. The predicted molar refractivity (Wildman–Crippen MR) is 55.2 cm³/mol. The third-order valence-corrected chi connectivity index (χ3v) is 3.94. The second-order valence-electron chi connectivity index (χ2n) is 4.79. The number of ketones is 1. The van der Waals surface area contributed by atoms with Gasteiger partial charge in [0.1, 0.15) is 11.7 Å². The molecule has 2 aliphatic carbocycles. The van der Waals surface area contributed by atoms with Crippen molar-refractivity contribution in [1.82, 2.24) is 0 Å². The van der Waals surface area contributed by atoms with Crippen LogP contribution in [0.3, 0.4) is 0 Å². The summed E-state index contributed by atoms with van der Waals surface area (Å²) in [5, 5.41) is 0. The number of esters is 1. The van der Waals surface area contributed by atoms with E-state index in [0.717, 1.165) is 6.42 Å². The van der Waals surface area contributed by atoms with Crippen LogP contribution in [0.1, 0.15) is 38.5 Å². The number of hydrogen-bond donors (Lipinski definition) is 0. The zero-order valence-corrected chi connectivity index (χ0v) is 9.20. The van der Waals surface area contributed by atoms with Crippen LogP contribution in [0, 0.1) is 17.8 Å². The highest BCUT2D eigenvalue weighted by Gasteiger charge is 2.40. The average molecular weight is 210 g/mol. The van der Waals surface area contributed by atoms with E-state index in [-0.39, 0.29) is 11.8 Å². The van der Waals surface area contributed by atoms with Gasteiger partial charge >= 0.3 is 5.97 Å². The van der Waals surface area contributed by atoms with Crippen molar-refractivity contribution in [2.75, 3.05) is 7.11 Å². The van der Waals surface area contributed by atoms with E-state index in [1.54, 1.807) is 0 Å². The maximum absolute atomic E-state index is 11.7. The summed E-state index contributed by atoms with van der Waals surface area (Å²) < 4.78 is 4.68. The molecule has 0 aromatic rings. The molecule has 0 aromatic carbocycles. The Bertz CT molecular complexity index is 272. The maximum atomic E-state index is 11.7. The van der Waals surface area contributed by atoms with Crippen LogP contribution in [0.25, 0.3) is 0 Å². The summed E-state index contributed by atoms with van der Waals surface area (Å²) >= 11 is 0. The van der Waals surface area contributed by atoms with Crippen molar-refractivity contribution in [1.29, 1.82) is 0 Å². The van der Waals surface area contributed by atoms with E-state index in [2.05, 4.69) is 4.74 Å². The molecular weight excluding hydrogens is 192 g/mol. The van der Waals surface area contributed by atoms with E-state index in [1.165, 1.54) is 32.8 Å². The first-order valence-corrected chi connectivity index (χ1v) is 5.83. The Morgan fingerprint density at radius 1 is 1.27 bits per heavy atom. The van der Waals surface area contributed by atoms with Crippen LogP contribution in [0.4, 0.5) is 0 Å². The quantitative estimate of drug-likeness (QED) is 0.490. The van der Waals surface area contributed by atoms with E-state index in [0.29, 0.717) is 18.3 Å². The Morgan fingerprint density at radius 3 is 2.60 bits per heavy atom. The Balaban J connectivity index is 2.04. The summed E-state index contributed by atoms with van der Waals surface area (Å²) in [5.74, 6) is 0.441. The molecule has 0 saturated heterocycles. The number of rotatable bonds is 1. The third kappa shape index (κ3) is 2.06. The van der Waals surface area contributed by atoms with E-state index in [4.69, 9.17) is 0 Å². The van der Waals surface area contributed by atoms with Crippen LogP contribution in [0.2, 0.25) is 0 Å². The molecule has 3 atom stereocenters. The summed E-state index contributed by atoms with van der Waals surface area (Å²) in [6, 6.07) is 0. The van der Waals surface area contributed by atoms with Crippen LogP contribution in [0.15, 0.2) is 0 Å². The summed E-state index contributed by atoms with van der Waals surface area (Å²) in [4.78, 5) is 23.2. The first kappa shape index (κ1) is 10.7. The molecule has 0 heterocycles. The number of methoxy groups -OCH3 is 1. The highest BCUT2D eigenvalue weighted by atomic mass is 16.5. The molecule has 15 heavy (non-hydrogen) atoms. The second kappa shape index (κ2) is 4.33. The van der Waals surface area contributed by atoms with Crippen molar-refractivity contribution < 1.29 is 14.3 Å². The Kier molecular flexibility index (Phi) is 3.08. The fourth-order valence-electron chi connectivity index (χ4n) is 3.07. The van der Waals surface area contributed by atoms with Crippen molar-refractivity contribution in [3.8, 4) is 0 Å². The summed E-state index contributed by atoms with van der Waals surface area (Å²) in [5.41, 5.74) is 0. The molecule has 0 radical (unpaired) electrons. The number of hydrogen-bond acceptors (Lipinski definition) is 3. The van der Waals surface area contributed by atoms with E-state index in [9.17, 15) is 9.59 Å². The van der Waals surface area contributed by atoms with Crippen molar-refractivity contribution in [3.05, 3.63) is 0 Å². The topological polar surface area (TPSA) is 43.4 Å².